The number of hydrogen-bond donors (Lipinski definition) is 1. The molecule has 0 aliphatic heterocycles. The fourth-order valence-electron chi connectivity index (χ4n) is 2.00. The van der Waals surface area contributed by atoms with E-state index in [0.29, 0.717) is 6.42 Å². The minimum Gasteiger partial charge on any atom is -0.391 e. The zero-order valence-corrected chi connectivity index (χ0v) is 8.24. The number of likely N-dealkylation sites (N-methyl/N-ethyl adjacent to an activating group) is 1. The molecule has 0 aromatic heterocycles. The van der Waals surface area contributed by atoms with E-state index in [2.05, 4.69) is 11.0 Å². The summed E-state index contributed by atoms with van der Waals surface area (Å²) in [5.74, 6) is 0. The van der Waals surface area contributed by atoms with Crippen LogP contribution in [0.5, 0.6) is 0 Å². The summed E-state index contributed by atoms with van der Waals surface area (Å²) in [7, 11) is 2.00. The molecule has 0 saturated heterocycles. The fraction of sp³-hybridized carbons (Fsp3) is 0.900. The molecule has 3 heteroatoms. The van der Waals surface area contributed by atoms with Crippen LogP contribution in [0.25, 0.3) is 0 Å². The molecule has 0 heterocycles. The molecule has 0 unspecified atom stereocenters. The lowest BCUT2D eigenvalue weighted by Gasteiger charge is -2.34. The standard InChI is InChI=1S/C10H18N2O/c1-12(8-4-7-11)9-5-2-3-6-10(9)13/h9-10,13H,2-6,8H2,1H3/t9-,10-/m0/s1. The number of aliphatic hydroxyl groups excluding tert-OH is 1. The Bertz CT molecular complexity index is 188. The molecule has 1 rings (SSSR count). The van der Waals surface area contributed by atoms with Gasteiger partial charge >= 0.3 is 0 Å². The minimum absolute atomic E-state index is 0.183. The largest absolute Gasteiger partial charge is 0.391 e. The Balaban J connectivity index is 2.35. The molecule has 3 nitrogen and oxygen atoms in total. The van der Waals surface area contributed by atoms with Crippen LogP contribution in [-0.2, 0) is 0 Å². The molecule has 74 valence electrons. The summed E-state index contributed by atoms with van der Waals surface area (Å²) in [4.78, 5) is 2.12. The van der Waals surface area contributed by atoms with Gasteiger partial charge in [-0.1, -0.05) is 12.8 Å². The van der Waals surface area contributed by atoms with E-state index in [1.165, 1.54) is 6.42 Å². The van der Waals surface area contributed by atoms with Gasteiger partial charge in [0, 0.05) is 19.0 Å². The Morgan fingerprint density at radius 3 is 2.77 bits per heavy atom. The number of aliphatic hydroxyl groups is 1. The lowest BCUT2D eigenvalue weighted by Crippen LogP contribution is -2.43. The van der Waals surface area contributed by atoms with Crippen molar-refractivity contribution in [3.8, 4) is 6.07 Å². The predicted molar refractivity (Wildman–Crippen MR) is 51.1 cm³/mol. The van der Waals surface area contributed by atoms with Crippen molar-refractivity contribution in [3.63, 3.8) is 0 Å². The molecule has 0 radical (unpaired) electrons. The van der Waals surface area contributed by atoms with E-state index < -0.39 is 0 Å². The lowest BCUT2D eigenvalue weighted by atomic mass is 9.91. The van der Waals surface area contributed by atoms with Crippen LogP contribution < -0.4 is 0 Å². The molecule has 0 amide bonds. The van der Waals surface area contributed by atoms with Crippen molar-refractivity contribution in [1.29, 1.82) is 5.26 Å². The molecule has 2 atom stereocenters. The summed E-state index contributed by atoms with van der Waals surface area (Å²) in [5, 5.41) is 18.2. The molecular weight excluding hydrogens is 164 g/mol. The zero-order valence-electron chi connectivity index (χ0n) is 8.24. The van der Waals surface area contributed by atoms with Crippen LogP contribution in [0.15, 0.2) is 0 Å². The molecule has 1 aliphatic rings. The summed E-state index contributed by atoms with van der Waals surface area (Å²) in [6.07, 6.45) is 4.71. The van der Waals surface area contributed by atoms with Crippen LogP contribution >= 0.6 is 0 Å². The molecule has 0 bridgehead atoms. The highest BCUT2D eigenvalue weighted by molar-refractivity contribution is 4.83. The summed E-state index contributed by atoms with van der Waals surface area (Å²) in [5.41, 5.74) is 0. The average molecular weight is 182 g/mol. The van der Waals surface area contributed by atoms with Gasteiger partial charge in [0.15, 0.2) is 0 Å². The van der Waals surface area contributed by atoms with Gasteiger partial charge in [-0.25, -0.2) is 0 Å². The highest BCUT2D eigenvalue weighted by Gasteiger charge is 2.25. The highest BCUT2D eigenvalue weighted by atomic mass is 16.3. The first-order valence-corrected chi connectivity index (χ1v) is 5.01. The van der Waals surface area contributed by atoms with Crippen LogP contribution in [0.4, 0.5) is 0 Å². The summed E-state index contributed by atoms with van der Waals surface area (Å²) in [6, 6.07) is 2.41. The van der Waals surface area contributed by atoms with Crippen molar-refractivity contribution in [2.45, 2.75) is 44.2 Å². The molecular formula is C10H18N2O. The Morgan fingerprint density at radius 1 is 1.46 bits per heavy atom. The van der Waals surface area contributed by atoms with E-state index in [0.717, 1.165) is 25.8 Å². The lowest BCUT2D eigenvalue weighted by molar-refractivity contribution is 0.0332. The first-order valence-electron chi connectivity index (χ1n) is 5.01. The second kappa shape index (κ2) is 5.21. The van der Waals surface area contributed by atoms with E-state index >= 15 is 0 Å². The second-order valence-corrected chi connectivity index (χ2v) is 3.81. The van der Waals surface area contributed by atoms with Gasteiger partial charge in [-0.05, 0) is 19.9 Å². The molecule has 1 aliphatic carbocycles. The van der Waals surface area contributed by atoms with Crippen LogP contribution in [0.1, 0.15) is 32.1 Å². The molecule has 0 spiro atoms. The number of nitrogens with zero attached hydrogens (tertiary/aromatic N) is 2. The normalized spacial score (nSPS) is 28.8. The second-order valence-electron chi connectivity index (χ2n) is 3.81. The van der Waals surface area contributed by atoms with Crippen molar-refractivity contribution in [1.82, 2.24) is 4.90 Å². The quantitative estimate of drug-likeness (QED) is 0.712. The number of rotatable bonds is 3. The Labute approximate surface area is 80.0 Å². The third-order valence-electron chi connectivity index (χ3n) is 2.84. The van der Waals surface area contributed by atoms with E-state index in [-0.39, 0.29) is 12.1 Å². The van der Waals surface area contributed by atoms with Gasteiger partial charge in [0.2, 0.25) is 0 Å². The summed E-state index contributed by atoms with van der Waals surface area (Å²) < 4.78 is 0. The van der Waals surface area contributed by atoms with Crippen molar-refractivity contribution in [2.75, 3.05) is 13.6 Å². The van der Waals surface area contributed by atoms with Crippen molar-refractivity contribution in [3.05, 3.63) is 0 Å². The van der Waals surface area contributed by atoms with Crippen LogP contribution in [0.2, 0.25) is 0 Å². The van der Waals surface area contributed by atoms with Crippen LogP contribution in [0.3, 0.4) is 0 Å². The van der Waals surface area contributed by atoms with Gasteiger partial charge in [0.1, 0.15) is 0 Å². The summed E-state index contributed by atoms with van der Waals surface area (Å²) >= 11 is 0. The molecule has 1 fully saturated rings. The topological polar surface area (TPSA) is 47.3 Å². The van der Waals surface area contributed by atoms with Crippen molar-refractivity contribution >= 4 is 0 Å². The Kier molecular flexibility index (Phi) is 4.20. The van der Waals surface area contributed by atoms with Crippen LogP contribution in [0, 0.1) is 11.3 Å². The van der Waals surface area contributed by atoms with E-state index in [1.807, 2.05) is 7.05 Å². The highest BCUT2D eigenvalue weighted by Crippen LogP contribution is 2.22. The van der Waals surface area contributed by atoms with Gasteiger partial charge < -0.3 is 5.11 Å². The van der Waals surface area contributed by atoms with Gasteiger partial charge in [0.25, 0.3) is 0 Å². The third-order valence-corrected chi connectivity index (χ3v) is 2.84. The average Bonchev–Trinajstić information content (AvgIpc) is 2.15. The molecule has 0 aromatic rings. The minimum atomic E-state index is -0.183. The first kappa shape index (κ1) is 10.5. The molecule has 13 heavy (non-hydrogen) atoms. The third kappa shape index (κ3) is 2.98. The molecule has 1 N–H and O–H groups in total. The number of nitriles is 1. The van der Waals surface area contributed by atoms with Crippen LogP contribution in [-0.4, -0.2) is 35.7 Å². The maximum atomic E-state index is 9.71. The monoisotopic (exact) mass is 182 g/mol. The van der Waals surface area contributed by atoms with Crippen molar-refractivity contribution < 1.29 is 5.11 Å². The smallest absolute Gasteiger partial charge is 0.0695 e. The predicted octanol–water partition coefficient (Wildman–Crippen LogP) is 1.14. The maximum Gasteiger partial charge on any atom is 0.0695 e. The fourth-order valence-corrected chi connectivity index (χ4v) is 2.00. The molecule has 1 saturated carbocycles. The zero-order chi connectivity index (χ0) is 9.68. The van der Waals surface area contributed by atoms with E-state index in [4.69, 9.17) is 5.26 Å². The Hall–Kier alpha value is -0.590. The Morgan fingerprint density at radius 2 is 2.15 bits per heavy atom. The SMILES string of the molecule is CN(CCC#N)[C@H]1CCCC[C@@H]1O. The first-order chi connectivity index (χ1) is 6.25. The maximum absolute atomic E-state index is 9.71. The summed E-state index contributed by atoms with van der Waals surface area (Å²) in [6.45, 7) is 0.776. The molecule has 0 aromatic carbocycles. The van der Waals surface area contributed by atoms with E-state index in [9.17, 15) is 5.11 Å². The van der Waals surface area contributed by atoms with Gasteiger partial charge in [-0.15, -0.1) is 0 Å². The van der Waals surface area contributed by atoms with Gasteiger partial charge in [0.05, 0.1) is 12.2 Å². The number of hydrogen-bond acceptors (Lipinski definition) is 3. The van der Waals surface area contributed by atoms with E-state index in [1.54, 1.807) is 0 Å². The van der Waals surface area contributed by atoms with Gasteiger partial charge in [-0.2, -0.15) is 5.26 Å². The van der Waals surface area contributed by atoms with Gasteiger partial charge in [-0.3, -0.25) is 4.90 Å². The van der Waals surface area contributed by atoms with Crippen molar-refractivity contribution in [2.24, 2.45) is 0 Å².